The summed E-state index contributed by atoms with van der Waals surface area (Å²) in [5.41, 5.74) is 8.09. The molecule has 1 unspecified atom stereocenters. The van der Waals surface area contributed by atoms with Crippen LogP contribution in [0.5, 0.6) is 5.75 Å². The predicted octanol–water partition coefficient (Wildman–Crippen LogP) is 1.40. The predicted molar refractivity (Wildman–Crippen MR) is 56.9 cm³/mol. The second kappa shape index (κ2) is 3.90. The van der Waals surface area contributed by atoms with Crippen molar-refractivity contribution in [2.75, 3.05) is 0 Å². The van der Waals surface area contributed by atoms with Crippen molar-refractivity contribution >= 4 is 5.97 Å². The molecular weight excluding hydrogens is 194 g/mol. The van der Waals surface area contributed by atoms with Crippen LogP contribution in [0.2, 0.25) is 0 Å². The van der Waals surface area contributed by atoms with E-state index in [4.69, 9.17) is 10.8 Å². The van der Waals surface area contributed by atoms with Gasteiger partial charge in [0.1, 0.15) is 11.8 Å². The van der Waals surface area contributed by atoms with Gasteiger partial charge in [-0.25, -0.2) is 0 Å². The molecule has 0 saturated heterocycles. The van der Waals surface area contributed by atoms with Crippen molar-refractivity contribution < 1.29 is 15.0 Å². The third-order valence-electron chi connectivity index (χ3n) is 2.64. The molecule has 0 aromatic heterocycles. The van der Waals surface area contributed by atoms with E-state index in [9.17, 15) is 9.90 Å². The summed E-state index contributed by atoms with van der Waals surface area (Å²) >= 11 is 0. The molecule has 0 heterocycles. The van der Waals surface area contributed by atoms with Crippen LogP contribution in [0, 0.1) is 20.8 Å². The molecule has 0 aliphatic heterocycles. The van der Waals surface area contributed by atoms with Gasteiger partial charge in [0.25, 0.3) is 0 Å². The van der Waals surface area contributed by atoms with Crippen LogP contribution in [0.25, 0.3) is 0 Å². The maximum Gasteiger partial charge on any atom is 0.325 e. The lowest BCUT2D eigenvalue weighted by Gasteiger charge is -2.16. The first-order chi connectivity index (χ1) is 6.86. The van der Waals surface area contributed by atoms with Crippen molar-refractivity contribution in [2.45, 2.75) is 26.8 Å². The molecule has 0 radical (unpaired) electrons. The van der Waals surface area contributed by atoms with E-state index in [1.165, 1.54) is 0 Å². The zero-order valence-corrected chi connectivity index (χ0v) is 9.03. The summed E-state index contributed by atoms with van der Waals surface area (Å²) < 4.78 is 0. The molecule has 0 aliphatic carbocycles. The standard InChI is InChI=1S/C11H15NO3/c1-5-4-6(2)8(9(12)11(14)15)10(13)7(5)3/h4,9,13H,12H2,1-3H3,(H,14,15). The average molecular weight is 209 g/mol. The van der Waals surface area contributed by atoms with Gasteiger partial charge in [0, 0.05) is 5.56 Å². The SMILES string of the molecule is Cc1cc(C)c(C(N)C(=O)O)c(O)c1C. The highest BCUT2D eigenvalue weighted by Gasteiger charge is 2.22. The highest BCUT2D eigenvalue weighted by atomic mass is 16.4. The largest absolute Gasteiger partial charge is 0.507 e. The number of carboxylic acid groups (broad SMARTS) is 1. The van der Waals surface area contributed by atoms with Crippen molar-refractivity contribution in [3.63, 3.8) is 0 Å². The van der Waals surface area contributed by atoms with Crippen molar-refractivity contribution in [2.24, 2.45) is 5.73 Å². The van der Waals surface area contributed by atoms with Gasteiger partial charge in [0.15, 0.2) is 0 Å². The number of phenols is 1. The minimum Gasteiger partial charge on any atom is -0.507 e. The molecule has 4 nitrogen and oxygen atoms in total. The van der Waals surface area contributed by atoms with Crippen LogP contribution < -0.4 is 5.73 Å². The molecule has 0 amide bonds. The number of hydrogen-bond acceptors (Lipinski definition) is 3. The quantitative estimate of drug-likeness (QED) is 0.687. The van der Waals surface area contributed by atoms with Crippen LogP contribution >= 0.6 is 0 Å². The molecule has 1 aromatic carbocycles. The molecular formula is C11H15NO3. The minimum atomic E-state index is -1.18. The third-order valence-corrected chi connectivity index (χ3v) is 2.64. The lowest BCUT2D eigenvalue weighted by molar-refractivity contribution is -0.138. The number of aliphatic carboxylic acids is 1. The normalized spacial score (nSPS) is 12.5. The third kappa shape index (κ3) is 1.94. The molecule has 0 spiro atoms. The van der Waals surface area contributed by atoms with E-state index in [1.807, 2.05) is 13.0 Å². The molecule has 15 heavy (non-hydrogen) atoms. The van der Waals surface area contributed by atoms with Gasteiger partial charge < -0.3 is 15.9 Å². The average Bonchev–Trinajstić information content (AvgIpc) is 2.14. The molecule has 0 aliphatic rings. The number of hydrogen-bond donors (Lipinski definition) is 3. The van der Waals surface area contributed by atoms with Gasteiger partial charge in [0.2, 0.25) is 0 Å². The molecule has 1 aromatic rings. The number of benzene rings is 1. The van der Waals surface area contributed by atoms with E-state index >= 15 is 0 Å². The molecule has 4 N–H and O–H groups in total. The van der Waals surface area contributed by atoms with Gasteiger partial charge in [-0.3, -0.25) is 4.79 Å². The first kappa shape index (κ1) is 11.5. The van der Waals surface area contributed by atoms with Gasteiger partial charge in [-0.05, 0) is 37.5 Å². The Hall–Kier alpha value is -1.55. The Morgan fingerprint density at radius 1 is 1.33 bits per heavy atom. The lowest BCUT2D eigenvalue weighted by atomic mass is 9.94. The minimum absolute atomic E-state index is 0.0117. The second-order valence-corrected chi connectivity index (χ2v) is 3.71. The Balaban J connectivity index is 3.42. The van der Waals surface area contributed by atoms with E-state index in [0.717, 1.165) is 5.56 Å². The summed E-state index contributed by atoms with van der Waals surface area (Å²) in [7, 11) is 0. The Morgan fingerprint density at radius 2 is 1.87 bits per heavy atom. The van der Waals surface area contributed by atoms with Gasteiger partial charge in [-0.15, -0.1) is 0 Å². The van der Waals surface area contributed by atoms with E-state index in [0.29, 0.717) is 16.7 Å². The molecule has 0 saturated carbocycles. The zero-order valence-electron chi connectivity index (χ0n) is 9.03. The van der Waals surface area contributed by atoms with Crippen LogP contribution in [-0.4, -0.2) is 16.2 Å². The fourth-order valence-electron chi connectivity index (χ4n) is 1.60. The Morgan fingerprint density at radius 3 is 2.33 bits per heavy atom. The highest BCUT2D eigenvalue weighted by Crippen LogP contribution is 2.32. The Labute approximate surface area is 88.3 Å². The van der Waals surface area contributed by atoms with Crippen molar-refractivity contribution in [1.82, 2.24) is 0 Å². The number of rotatable bonds is 2. The Bertz CT molecular complexity index is 413. The van der Waals surface area contributed by atoms with E-state index in [2.05, 4.69) is 0 Å². The fraction of sp³-hybridized carbons (Fsp3) is 0.364. The fourth-order valence-corrected chi connectivity index (χ4v) is 1.60. The molecule has 4 heteroatoms. The first-order valence-corrected chi connectivity index (χ1v) is 4.64. The number of carbonyl (C=O) groups is 1. The molecule has 1 rings (SSSR count). The molecule has 82 valence electrons. The number of carboxylic acids is 1. The summed E-state index contributed by atoms with van der Waals surface area (Å²) in [6.45, 7) is 5.34. The topological polar surface area (TPSA) is 83.6 Å². The number of nitrogens with two attached hydrogens (primary N) is 1. The van der Waals surface area contributed by atoms with Crippen molar-refractivity contribution in [1.29, 1.82) is 0 Å². The summed E-state index contributed by atoms with van der Waals surface area (Å²) in [6.07, 6.45) is 0. The molecule has 0 fully saturated rings. The molecule has 1 atom stereocenters. The van der Waals surface area contributed by atoms with Crippen LogP contribution in [-0.2, 0) is 4.79 Å². The Kier molecular flexibility index (Phi) is 3.00. The van der Waals surface area contributed by atoms with Gasteiger partial charge in [-0.2, -0.15) is 0 Å². The van der Waals surface area contributed by atoms with E-state index < -0.39 is 12.0 Å². The first-order valence-electron chi connectivity index (χ1n) is 4.64. The van der Waals surface area contributed by atoms with Crippen molar-refractivity contribution in [3.8, 4) is 5.75 Å². The maximum atomic E-state index is 10.8. The maximum absolute atomic E-state index is 10.8. The smallest absolute Gasteiger partial charge is 0.325 e. The van der Waals surface area contributed by atoms with E-state index in [-0.39, 0.29) is 5.75 Å². The summed E-state index contributed by atoms with van der Waals surface area (Å²) in [5, 5.41) is 18.6. The van der Waals surface area contributed by atoms with Crippen LogP contribution in [0.4, 0.5) is 0 Å². The lowest BCUT2D eigenvalue weighted by Crippen LogP contribution is -2.22. The number of phenolic OH excluding ortho intramolecular Hbond substituents is 1. The summed E-state index contributed by atoms with van der Waals surface area (Å²) in [4.78, 5) is 10.8. The zero-order chi connectivity index (χ0) is 11.7. The highest BCUT2D eigenvalue weighted by molar-refractivity contribution is 5.77. The van der Waals surface area contributed by atoms with Crippen LogP contribution in [0.3, 0.4) is 0 Å². The summed E-state index contributed by atoms with van der Waals surface area (Å²) in [5.74, 6) is -1.15. The number of aryl methyl sites for hydroxylation is 2. The number of aromatic hydroxyl groups is 1. The second-order valence-electron chi connectivity index (χ2n) is 3.71. The van der Waals surface area contributed by atoms with Gasteiger partial charge in [0.05, 0.1) is 0 Å². The van der Waals surface area contributed by atoms with E-state index in [1.54, 1.807) is 13.8 Å². The van der Waals surface area contributed by atoms with Crippen LogP contribution in [0.1, 0.15) is 28.3 Å². The van der Waals surface area contributed by atoms with Gasteiger partial charge >= 0.3 is 5.97 Å². The van der Waals surface area contributed by atoms with Crippen LogP contribution in [0.15, 0.2) is 6.07 Å². The monoisotopic (exact) mass is 209 g/mol. The van der Waals surface area contributed by atoms with Gasteiger partial charge in [-0.1, -0.05) is 6.07 Å². The summed E-state index contributed by atoms with van der Waals surface area (Å²) in [6, 6.07) is 0.650. The molecule has 0 bridgehead atoms. The van der Waals surface area contributed by atoms with Crippen molar-refractivity contribution in [3.05, 3.63) is 28.3 Å².